The molecule has 0 unspecified atom stereocenters. The number of rotatable bonds is 2. The van der Waals surface area contributed by atoms with Crippen LogP contribution in [0.3, 0.4) is 0 Å². The Labute approximate surface area is 78.7 Å². The molecule has 3 heteroatoms. The van der Waals surface area contributed by atoms with E-state index >= 15 is 0 Å². The second-order valence-corrected chi connectivity index (χ2v) is 3.26. The van der Waals surface area contributed by atoms with Crippen LogP contribution in [0, 0.1) is 12.0 Å². The number of carbonyl (C=O) groups is 1. The van der Waals surface area contributed by atoms with Gasteiger partial charge in [-0.25, -0.2) is 0 Å². The molecule has 0 saturated heterocycles. The fourth-order valence-corrected chi connectivity index (χ4v) is 1.45. The molecule has 3 nitrogen and oxygen atoms in total. The van der Waals surface area contributed by atoms with E-state index in [0.29, 0.717) is 0 Å². The first-order valence-electron chi connectivity index (χ1n) is 4.55. The summed E-state index contributed by atoms with van der Waals surface area (Å²) >= 11 is 0. The van der Waals surface area contributed by atoms with Crippen LogP contribution in [0.1, 0.15) is 27.2 Å². The van der Waals surface area contributed by atoms with Gasteiger partial charge in [-0.3, -0.25) is 4.79 Å². The Bertz CT molecular complexity index is 210. The molecule has 0 N–H and O–H groups in total. The van der Waals surface area contributed by atoms with Gasteiger partial charge in [-0.2, -0.15) is 0 Å². The summed E-state index contributed by atoms with van der Waals surface area (Å²) in [5, 5.41) is 0. The van der Waals surface area contributed by atoms with Crippen molar-refractivity contribution >= 4 is 5.97 Å². The molecule has 0 spiro atoms. The molecular weight excluding hydrogens is 168 g/mol. The van der Waals surface area contributed by atoms with Crippen molar-refractivity contribution in [2.24, 2.45) is 5.92 Å². The molecule has 13 heavy (non-hydrogen) atoms. The van der Waals surface area contributed by atoms with Gasteiger partial charge in [-0.15, -0.1) is 0 Å². The maximum atomic E-state index is 10.7. The molecule has 1 rings (SSSR count). The van der Waals surface area contributed by atoms with Crippen LogP contribution in [-0.2, 0) is 14.3 Å². The van der Waals surface area contributed by atoms with Crippen molar-refractivity contribution in [2.45, 2.75) is 39.4 Å². The molecule has 0 aromatic rings. The Morgan fingerprint density at radius 3 is 2.92 bits per heavy atom. The van der Waals surface area contributed by atoms with Gasteiger partial charge >= 0.3 is 24.4 Å². The van der Waals surface area contributed by atoms with Gasteiger partial charge in [0.1, 0.15) is 6.10 Å². The van der Waals surface area contributed by atoms with E-state index in [0.717, 1.165) is 6.42 Å². The first kappa shape index (κ1) is 10.0. The largest absolute Gasteiger partial charge is 0.455 e. The first-order valence-corrected chi connectivity index (χ1v) is 4.55. The van der Waals surface area contributed by atoms with Gasteiger partial charge in [0, 0.05) is 6.92 Å². The van der Waals surface area contributed by atoms with E-state index in [2.05, 4.69) is 6.08 Å². The highest BCUT2D eigenvalue weighted by molar-refractivity contribution is 5.66. The van der Waals surface area contributed by atoms with Gasteiger partial charge in [0.25, 0.3) is 0 Å². The summed E-state index contributed by atoms with van der Waals surface area (Å²) in [7, 11) is 0. The lowest BCUT2D eigenvalue weighted by atomic mass is 9.94. The summed E-state index contributed by atoms with van der Waals surface area (Å²) in [6, 6.07) is 0. The van der Waals surface area contributed by atoms with Gasteiger partial charge < -0.3 is 9.47 Å². The van der Waals surface area contributed by atoms with E-state index in [4.69, 9.17) is 9.47 Å². The molecule has 3 atom stereocenters. The minimum absolute atomic E-state index is 0.130. The summed E-state index contributed by atoms with van der Waals surface area (Å²) in [6.45, 7) is 5.46. The summed E-state index contributed by atoms with van der Waals surface area (Å²) in [5.74, 6) is -0.0894. The molecule has 1 aliphatic heterocycles. The quantitative estimate of drug-likeness (QED) is 0.482. The molecule has 0 radical (unpaired) electrons. The second-order valence-electron chi connectivity index (χ2n) is 3.26. The summed E-state index contributed by atoms with van der Waals surface area (Å²) in [5.41, 5.74) is 0. The van der Waals surface area contributed by atoms with Crippen LogP contribution in [0.15, 0.2) is 6.26 Å². The van der Waals surface area contributed by atoms with E-state index in [9.17, 15) is 4.79 Å². The molecule has 72 valence electrons. The highest BCUT2D eigenvalue weighted by atomic mass is 16.5. The summed E-state index contributed by atoms with van der Waals surface area (Å²) in [4.78, 5) is 10.7. The highest BCUT2D eigenvalue weighted by Gasteiger charge is 2.38. The van der Waals surface area contributed by atoms with Crippen molar-refractivity contribution in [1.82, 2.24) is 0 Å². The van der Waals surface area contributed by atoms with Crippen LogP contribution < -0.4 is 0 Å². The highest BCUT2D eigenvalue weighted by Crippen LogP contribution is 2.22. The van der Waals surface area contributed by atoms with Crippen LogP contribution in [-0.4, -0.2) is 18.2 Å². The smallest absolute Gasteiger partial charge is 0.332 e. The van der Waals surface area contributed by atoms with Gasteiger partial charge in [-0.05, 0) is 6.42 Å². The van der Waals surface area contributed by atoms with E-state index in [1.54, 1.807) is 0 Å². The Kier molecular flexibility index (Phi) is 3.26. The number of hydrogen-bond acceptors (Lipinski definition) is 3. The standard InChI is InChI=1S/C10H15O3/c1-4-9-7(2)10(5-6-12-9)13-8(3)11/h6-7,9-10H,4H2,1-3H3/q+1/t7-,9-,10-/m1/s1. The average Bonchev–Trinajstić information content (AvgIpc) is 2.08. The van der Waals surface area contributed by atoms with Crippen LogP contribution in [0.5, 0.6) is 0 Å². The van der Waals surface area contributed by atoms with Gasteiger partial charge in [0.05, 0.1) is 5.92 Å². The molecule has 0 aromatic carbocycles. The van der Waals surface area contributed by atoms with Crippen molar-refractivity contribution in [1.29, 1.82) is 0 Å². The second kappa shape index (κ2) is 4.24. The maximum absolute atomic E-state index is 10.7. The average molecular weight is 183 g/mol. The van der Waals surface area contributed by atoms with Crippen molar-refractivity contribution < 1.29 is 14.3 Å². The van der Waals surface area contributed by atoms with Crippen LogP contribution >= 0.6 is 0 Å². The zero-order valence-corrected chi connectivity index (χ0v) is 8.24. The monoisotopic (exact) mass is 183 g/mol. The lowest BCUT2D eigenvalue weighted by Gasteiger charge is -2.23. The molecule has 0 saturated carbocycles. The minimum Gasteiger partial charge on any atom is -0.455 e. The number of ether oxygens (including phenoxy) is 2. The van der Waals surface area contributed by atoms with Gasteiger partial charge in [-0.1, -0.05) is 13.8 Å². The fraction of sp³-hybridized carbons (Fsp3) is 0.700. The topological polar surface area (TPSA) is 35.5 Å². The zero-order chi connectivity index (χ0) is 9.84. The van der Waals surface area contributed by atoms with Crippen LogP contribution in [0.4, 0.5) is 0 Å². The van der Waals surface area contributed by atoms with Crippen LogP contribution in [0.2, 0.25) is 0 Å². The van der Waals surface area contributed by atoms with E-state index in [1.165, 1.54) is 13.2 Å². The molecule has 1 heterocycles. The molecule has 0 bridgehead atoms. The SMILES string of the molecule is CC[C@H]1OC=[C+][C@@H](OC(C)=O)[C@@H]1C. The number of carbonyl (C=O) groups excluding carboxylic acids is 1. The molecule has 0 aliphatic carbocycles. The lowest BCUT2D eigenvalue weighted by molar-refractivity contribution is -0.149. The molecule has 1 aliphatic rings. The van der Waals surface area contributed by atoms with E-state index in [1.807, 2.05) is 13.8 Å². The zero-order valence-electron chi connectivity index (χ0n) is 8.24. The van der Waals surface area contributed by atoms with E-state index < -0.39 is 0 Å². The first-order chi connectivity index (χ1) is 6.15. The third kappa shape index (κ3) is 2.43. The number of hydrogen-bond donors (Lipinski definition) is 0. The maximum Gasteiger partial charge on any atom is 0.332 e. The normalized spacial score (nSPS) is 31.8. The van der Waals surface area contributed by atoms with E-state index in [-0.39, 0.29) is 24.1 Å². The predicted molar refractivity (Wildman–Crippen MR) is 47.7 cm³/mol. The molecule has 0 amide bonds. The van der Waals surface area contributed by atoms with Crippen molar-refractivity contribution in [3.63, 3.8) is 0 Å². The summed E-state index contributed by atoms with van der Waals surface area (Å²) < 4.78 is 10.4. The predicted octanol–water partition coefficient (Wildman–Crippen LogP) is 1.68. The third-order valence-electron chi connectivity index (χ3n) is 2.23. The minimum atomic E-state index is -0.269. The van der Waals surface area contributed by atoms with Crippen molar-refractivity contribution in [3.05, 3.63) is 12.3 Å². The Balaban J connectivity index is 2.59. The van der Waals surface area contributed by atoms with Crippen molar-refractivity contribution in [3.8, 4) is 0 Å². The van der Waals surface area contributed by atoms with Gasteiger partial charge in [0.2, 0.25) is 0 Å². The molecule has 0 aromatic heterocycles. The number of esters is 1. The molecule has 0 fully saturated rings. The Hall–Kier alpha value is -1.08. The van der Waals surface area contributed by atoms with Gasteiger partial charge in [0.15, 0.2) is 0 Å². The fourth-order valence-electron chi connectivity index (χ4n) is 1.45. The Morgan fingerprint density at radius 2 is 2.38 bits per heavy atom. The van der Waals surface area contributed by atoms with Crippen molar-refractivity contribution in [2.75, 3.05) is 0 Å². The third-order valence-corrected chi connectivity index (χ3v) is 2.23. The lowest BCUT2D eigenvalue weighted by Crippen LogP contribution is -2.35. The Morgan fingerprint density at radius 1 is 1.69 bits per heavy atom. The van der Waals surface area contributed by atoms with Crippen LogP contribution in [0.25, 0.3) is 0 Å². The summed E-state index contributed by atoms with van der Waals surface area (Å²) in [6.07, 6.45) is 5.17. The molecular formula is C10H15O3+.